The van der Waals surface area contributed by atoms with Gasteiger partial charge in [0.2, 0.25) is 0 Å². The van der Waals surface area contributed by atoms with Gasteiger partial charge in [-0.1, -0.05) is 48.2 Å². The van der Waals surface area contributed by atoms with Gasteiger partial charge in [0.05, 0.1) is 16.3 Å². The molecule has 3 aliphatic rings. The molecule has 2 fully saturated rings. The molecule has 0 amide bonds. The van der Waals surface area contributed by atoms with Gasteiger partial charge >= 0.3 is 0 Å². The van der Waals surface area contributed by atoms with E-state index in [0.717, 1.165) is 31.0 Å². The van der Waals surface area contributed by atoms with Crippen molar-refractivity contribution in [1.29, 1.82) is 0 Å². The zero-order chi connectivity index (χ0) is 30.4. The Kier molecular flexibility index (Phi) is 10.1. The number of aromatic hydroxyl groups is 1. The number of benzene rings is 2. The molecule has 7 nitrogen and oxygen atoms in total. The smallest absolute Gasteiger partial charge is 0.266 e. The van der Waals surface area contributed by atoms with Crippen LogP contribution >= 0.6 is 11.8 Å². The first-order valence-corrected chi connectivity index (χ1v) is 16.3. The van der Waals surface area contributed by atoms with Crippen LogP contribution in [-0.2, 0) is 0 Å². The molecule has 43 heavy (non-hydrogen) atoms. The van der Waals surface area contributed by atoms with Crippen molar-refractivity contribution in [2.24, 2.45) is 11.1 Å². The van der Waals surface area contributed by atoms with Crippen LogP contribution in [0.4, 0.5) is 5.69 Å². The molecule has 2 atom stereocenters. The Morgan fingerprint density at radius 1 is 1.09 bits per heavy atom. The second kappa shape index (κ2) is 14.0. The summed E-state index contributed by atoms with van der Waals surface area (Å²) in [5.74, 6) is 0.113. The minimum absolute atomic E-state index is 0.110. The van der Waals surface area contributed by atoms with Crippen LogP contribution in [0.25, 0.3) is 17.8 Å². The number of hydrogen-bond acceptors (Lipinski definition) is 7. The fraction of sp³-hybridized carbons (Fsp3) is 0.429. The lowest BCUT2D eigenvalue weighted by atomic mass is 9.86. The summed E-state index contributed by atoms with van der Waals surface area (Å²) in [4.78, 5) is 23.0. The summed E-state index contributed by atoms with van der Waals surface area (Å²) in [5.41, 5.74) is 9.48. The van der Waals surface area contributed by atoms with E-state index in [1.165, 1.54) is 62.0 Å². The predicted octanol–water partition coefficient (Wildman–Crippen LogP) is 4.21. The largest absolute Gasteiger partial charge is 0.508 e. The van der Waals surface area contributed by atoms with E-state index < -0.39 is 0 Å². The van der Waals surface area contributed by atoms with Gasteiger partial charge in [0, 0.05) is 42.1 Å². The number of aromatic nitrogens is 2. The van der Waals surface area contributed by atoms with E-state index in [9.17, 15) is 9.90 Å². The van der Waals surface area contributed by atoms with Crippen molar-refractivity contribution in [1.82, 2.24) is 14.5 Å². The maximum atomic E-state index is 13.2. The van der Waals surface area contributed by atoms with Crippen LogP contribution in [0.3, 0.4) is 0 Å². The van der Waals surface area contributed by atoms with Crippen molar-refractivity contribution >= 4 is 29.6 Å². The quantitative estimate of drug-likeness (QED) is 0.228. The number of hydrogen-bond donors (Lipinski definition) is 2. The molecule has 3 heterocycles. The fourth-order valence-electron chi connectivity index (χ4n) is 6.42. The number of nitrogens with zero attached hydrogens (tertiary/aromatic N) is 4. The minimum Gasteiger partial charge on any atom is -0.508 e. The molecule has 0 bridgehead atoms. The minimum atomic E-state index is -0.110. The summed E-state index contributed by atoms with van der Waals surface area (Å²) in [6.45, 7) is 11.8. The van der Waals surface area contributed by atoms with Gasteiger partial charge in [-0.3, -0.25) is 9.36 Å². The first-order valence-electron chi connectivity index (χ1n) is 15.4. The molecule has 2 aromatic carbocycles. The average molecular weight is 600 g/mol. The molecule has 6 rings (SSSR count). The topological polar surface area (TPSA) is 87.6 Å². The van der Waals surface area contributed by atoms with E-state index in [0.29, 0.717) is 28.0 Å². The molecule has 1 aliphatic carbocycles. The summed E-state index contributed by atoms with van der Waals surface area (Å²) in [7, 11) is 2.25. The van der Waals surface area contributed by atoms with Crippen LogP contribution in [0.5, 0.6) is 5.75 Å². The van der Waals surface area contributed by atoms with E-state index in [4.69, 9.17) is 10.7 Å². The standard InChI is InChI=1S/C20H23N3O2S.C15H22N2/c1-2-16(9-6-12-21)26-20-22-18-11-4-3-10-17(18)19(25)23(20)14-7-5-8-15(24)13-14;1-13-4-3-5-14(10-13)17-9-7-15(12-17)6-8-16(2)11-15/h2,5,7-8,10-11,13,16,24H,1,3-4,6,9,12,21H2;3-5,10H,6-9,11-12H2,1-2H3. The number of anilines is 1. The molecule has 1 aromatic heterocycles. The van der Waals surface area contributed by atoms with Crippen molar-refractivity contribution < 1.29 is 5.11 Å². The average Bonchev–Trinajstić information content (AvgIpc) is 3.60. The van der Waals surface area contributed by atoms with E-state index in [-0.39, 0.29) is 16.6 Å². The summed E-state index contributed by atoms with van der Waals surface area (Å²) < 4.78 is 1.58. The van der Waals surface area contributed by atoms with Crippen molar-refractivity contribution in [3.8, 4) is 11.4 Å². The van der Waals surface area contributed by atoms with Crippen LogP contribution in [0, 0.1) is 12.3 Å². The van der Waals surface area contributed by atoms with Crippen molar-refractivity contribution in [2.45, 2.75) is 55.9 Å². The predicted molar refractivity (Wildman–Crippen MR) is 180 cm³/mol. The van der Waals surface area contributed by atoms with Gasteiger partial charge in [0.15, 0.2) is 5.16 Å². The van der Waals surface area contributed by atoms with Gasteiger partial charge in [-0.05, 0) is 95.4 Å². The Morgan fingerprint density at radius 3 is 2.58 bits per heavy atom. The SMILES string of the molecule is C=CC(CCCN)Sc1nc2c(c(=O)n1-c1cccc(O)c1)=CCCC=2.Cc1cccc(N2CCC3(CCN(C)C3)C2)c1. The van der Waals surface area contributed by atoms with Gasteiger partial charge in [-0.15, -0.1) is 6.58 Å². The molecule has 1 spiro atoms. The molecule has 2 unspecified atom stereocenters. The third kappa shape index (κ3) is 7.43. The van der Waals surface area contributed by atoms with Gasteiger partial charge in [-0.2, -0.15) is 0 Å². The molecule has 8 heteroatoms. The van der Waals surface area contributed by atoms with E-state index >= 15 is 0 Å². The Balaban J connectivity index is 0.000000186. The Morgan fingerprint density at radius 2 is 1.86 bits per heavy atom. The number of nitrogens with two attached hydrogens (primary N) is 1. The van der Waals surface area contributed by atoms with Gasteiger partial charge in [0.1, 0.15) is 5.75 Å². The number of phenolic OH excluding ortho intramolecular Hbond substituents is 1. The lowest BCUT2D eigenvalue weighted by Gasteiger charge is -2.25. The van der Waals surface area contributed by atoms with Gasteiger partial charge in [0.25, 0.3) is 5.56 Å². The van der Waals surface area contributed by atoms with Crippen LogP contribution in [0.15, 0.2) is 71.1 Å². The number of likely N-dealkylation sites (tertiary alicyclic amines) is 1. The molecular weight excluding hydrogens is 554 g/mol. The summed E-state index contributed by atoms with van der Waals surface area (Å²) >= 11 is 1.51. The molecule has 3 aromatic rings. The first-order chi connectivity index (χ1) is 20.8. The van der Waals surface area contributed by atoms with Crippen LogP contribution in [-0.4, -0.2) is 64.6 Å². The fourth-order valence-corrected chi connectivity index (χ4v) is 7.51. The van der Waals surface area contributed by atoms with Crippen LogP contribution < -0.4 is 26.8 Å². The lowest BCUT2D eigenvalue weighted by Crippen LogP contribution is -2.48. The monoisotopic (exact) mass is 599 g/mol. The van der Waals surface area contributed by atoms with E-state index in [1.807, 2.05) is 18.2 Å². The molecular formula is C35H45N5O2S. The van der Waals surface area contributed by atoms with Gasteiger partial charge in [-0.25, -0.2) is 4.98 Å². The van der Waals surface area contributed by atoms with Crippen LogP contribution in [0.1, 0.15) is 44.1 Å². The number of fused-ring (bicyclic) bond motifs is 1. The number of thioether (sulfide) groups is 1. The molecule has 0 saturated carbocycles. The molecule has 0 radical (unpaired) electrons. The highest BCUT2D eigenvalue weighted by Gasteiger charge is 2.42. The third-order valence-electron chi connectivity index (χ3n) is 8.70. The second-order valence-corrected chi connectivity index (χ2v) is 13.4. The van der Waals surface area contributed by atoms with Gasteiger partial charge < -0.3 is 20.6 Å². The third-order valence-corrected chi connectivity index (χ3v) is 9.92. The lowest BCUT2D eigenvalue weighted by molar-refractivity contribution is 0.312. The van der Waals surface area contributed by atoms with Crippen LogP contribution in [0.2, 0.25) is 0 Å². The highest BCUT2D eigenvalue weighted by molar-refractivity contribution is 7.99. The molecule has 228 valence electrons. The van der Waals surface area contributed by atoms with E-state index in [2.05, 4.69) is 54.6 Å². The Bertz CT molecular complexity index is 1620. The zero-order valence-corrected chi connectivity index (χ0v) is 26.4. The van der Waals surface area contributed by atoms with Crippen molar-refractivity contribution in [3.63, 3.8) is 0 Å². The number of aryl methyl sites for hydroxylation is 1. The Labute approximate surface area is 259 Å². The zero-order valence-electron chi connectivity index (χ0n) is 25.5. The molecule has 2 saturated heterocycles. The van der Waals surface area contributed by atoms with E-state index in [1.54, 1.807) is 28.8 Å². The second-order valence-electron chi connectivity index (χ2n) is 12.2. The molecule has 2 aliphatic heterocycles. The highest BCUT2D eigenvalue weighted by atomic mass is 32.2. The maximum Gasteiger partial charge on any atom is 0.266 e. The maximum absolute atomic E-state index is 13.2. The summed E-state index contributed by atoms with van der Waals surface area (Å²) in [6, 6.07) is 15.6. The first kappa shape index (κ1) is 31.1. The Hall–Kier alpha value is -3.33. The van der Waals surface area contributed by atoms with Crippen molar-refractivity contribution in [3.05, 3.63) is 87.7 Å². The number of phenols is 1. The summed E-state index contributed by atoms with van der Waals surface area (Å²) in [6.07, 6.45) is 12.0. The van der Waals surface area contributed by atoms with Crippen molar-refractivity contribution in [2.75, 3.05) is 44.7 Å². The number of rotatable bonds is 8. The normalized spacial score (nSPS) is 20.1. The summed E-state index contributed by atoms with van der Waals surface area (Å²) in [5, 5.41) is 11.9. The highest BCUT2D eigenvalue weighted by Crippen LogP contribution is 2.40. The molecule has 3 N–H and O–H groups in total.